The summed E-state index contributed by atoms with van der Waals surface area (Å²) in [5, 5.41) is 10.6. The highest BCUT2D eigenvalue weighted by atomic mass is 16.2. The summed E-state index contributed by atoms with van der Waals surface area (Å²) in [5.41, 5.74) is 4.03. The minimum atomic E-state index is -0.663. The number of anilines is 1. The van der Waals surface area contributed by atoms with Crippen LogP contribution >= 0.6 is 0 Å². The molecular formula is C26H30N4O2. The number of carbonyl (C=O) groups is 2. The van der Waals surface area contributed by atoms with Crippen molar-refractivity contribution in [1.29, 1.82) is 0 Å². The van der Waals surface area contributed by atoms with Gasteiger partial charge in [-0.15, -0.1) is 0 Å². The van der Waals surface area contributed by atoms with Gasteiger partial charge in [-0.3, -0.25) is 9.59 Å². The molecule has 0 saturated carbocycles. The summed E-state index contributed by atoms with van der Waals surface area (Å²) in [6.45, 7) is 5.80. The zero-order valence-electron chi connectivity index (χ0n) is 18.8. The van der Waals surface area contributed by atoms with Gasteiger partial charge >= 0.3 is 0 Å². The Balaban J connectivity index is 1.57. The smallest absolute Gasteiger partial charge is 0.251 e. The minimum absolute atomic E-state index is 0.0743. The molecule has 0 spiro atoms. The Morgan fingerprint density at radius 2 is 1.78 bits per heavy atom. The van der Waals surface area contributed by atoms with E-state index in [4.69, 9.17) is 0 Å². The summed E-state index contributed by atoms with van der Waals surface area (Å²) in [6.07, 6.45) is 4.91. The van der Waals surface area contributed by atoms with Crippen LogP contribution in [0.25, 0.3) is 0 Å². The fourth-order valence-electron chi connectivity index (χ4n) is 4.37. The standard InChI is InChI=1S/C26H30N4O2/c1-17(2)23(28-25(31)20-11-5-4-6-12-20)26(32)29-24-18(3)16-27-30(24)22-15-9-13-19-10-7-8-14-21(19)22/h4-8,10-12,14,16-17,22-23H,9,13,15H2,1-3H3,(H,28,31)(H,29,32). The average Bonchev–Trinajstić information content (AvgIpc) is 3.16. The number of fused-ring (bicyclic) bond motifs is 1. The van der Waals surface area contributed by atoms with Gasteiger partial charge in [-0.2, -0.15) is 5.10 Å². The quantitative estimate of drug-likeness (QED) is 0.604. The number of hydrogen-bond donors (Lipinski definition) is 2. The zero-order valence-corrected chi connectivity index (χ0v) is 18.8. The van der Waals surface area contributed by atoms with Gasteiger partial charge in [-0.1, -0.05) is 56.3 Å². The van der Waals surface area contributed by atoms with Gasteiger partial charge in [0.2, 0.25) is 5.91 Å². The molecule has 0 bridgehead atoms. The van der Waals surface area contributed by atoms with Crippen LogP contribution in [0.15, 0.2) is 60.8 Å². The van der Waals surface area contributed by atoms with E-state index < -0.39 is 6.04 Å². The molecular weight excluding hydrogens is 400 g/mol. The number of aromatic nitrogens is 2. The van der Waals surface area contributed by atoms with Gasteiger partial charge < -0.3 is 10.6 Å². The average molecular weight is 431 g/mol. The lowest BCUT2D eigenvalue weighted by molar-refractivity contribution is -0.118. The SMILES string of the molecule is Cc1cnn(C2CCCc3ccccc32)c1NC(=O)C(NC(=O)c1ccccc1)C(C)C. The highest BCUT2D eigenvalue weighted by Gasteiger charge is 2.29. The van der Waals surface area contributed by atoms with Crippen LogP contribution in [0.5, 0.6) is 0 Å². The Hall–Kier alpha value is -3.41. The highest BCUT2D eigenvalue weighted by Crippen LogP contribution is 2.35. The third-order valence-electron chi connectivity index (χ3n) is 6.12. The van der Waals surface area contributed by atoms with E-state index in [0.29, 0.717) is 11.4 Å². The molecule has 0 saturated heterocycles. The number of nitrogens with zero attached hydrogens (tertiary/aromatic N) is 2. The van der Waals surface area contributed by atoms with Crippen LogP contribution in [0.3, 0.4) is 0 Å². The number of rotatable bonds is 6. The molecule has 2 N–H and O–H groups in total. The molecule has 3 aromatic rings. The molecule has 2 aromatic carbocycles. The molecule has 2 atom stereocenters. The molecule has 2 unspecified atom stereocenters. The van der Waals surface area contributed by atoms with Crippen molar-refractivity contribution in [3.05, 3.63) is 83.0 Å². The Labute approximate surface area is 189 Å². The van der Waals surface area contributed by atoms with E-state index in [1.807, 2.05) is 43.7 Å². The zero-order chi connectivity index (χ0) is 22.7. The number of hydrogen-bond acceptors (Lipinski definition) is 3. The molecule has 1 aromatic heterocycles. The molecule has 6 heteroatoms. The molecule has 4 rings (SSSR count). The summed E-state index contributed by atoms with van der Waals surface area (Å²) < 4.78 is 1.93. The lowest BCUT2D eigenvalue weighted by Gasteiger charge is -2.28. The minimum Gasteiger partial charge on any atom is -0.340 e. The Morgan fingerprint density at radius 1 is 1.06 bits per heavy atom. The Bertz CT molecular complexity index is 1100. The maximum atomic E-state index is 13.3. The van der Waals surface area contributed by atoms with E-state index in [2.05, 4.69) is 40.0 Å². The molecule has 1 aliphatic rings. The topological polar surface area (TPSA) is 76.0 Å². The van der Waals surface area contributed by atoms with E-state index in [0.717, 1.165) is 24.8 Å². The number of amides is 2. The summed E-state index contributed by atoms with van der Waals surface area (Å²) in [7, 11) is 0. The largest absolute Gasteiger partial charge is 0.340 e. The van der Waals surface area contributed by atoms with Crippen molar-refractivity contribution < 1.29 is 9.59 Å². The predicted molar refractivity (Wildman–Crippen MR) is 126 cm³/mol. The van der Waals surface area contributed by atoms with E-state index in [1.165, 1.54) is 11.1 Å². The Morgan fingerprint density at radius 3 is 2.53 bits per heavy atom. The van der Waals surface area contributed by atoms with E-state index >= 15 is 0 Å². The van der Waals surface area contributed by atoms with Crippen molar-refractivity contribution in [3.8, 4) is 0 Å². The first-order valence-corrected chi connectivity index (χ1v) is 11.2. The van der Waals surface area contributed by atoms with Gasteiger partial charge in [0.25, 0.3) is 5.91 Å². The number of aryl methyl sites for hydroxylation is 2. The van der Waals surface area contributed by atoms with Gasteiger partial charge in [-0.05, 0) is 55.4 Å². The van der Waals surface area contributed by atoms with Crippen LogP contribution in [0, 0.1) is 12.8 Å². The maximum absolute atomic E-state index is 13.3. The van der Waals surface area contributed by atoms with Crippen molar-refractivity contribution in [1.82, 2.24) is 15.1 Å². The van der Waals surface area contributed by atoms with Crippen LogP contribution in [0.4, 0.5) is 5.82 Å². The van der Waals surface area contributed by atoms with E-state index in [1.54, 1.807) is 18.3 Å². The normalized spacial score (nSPS) is 16.3. The first-order chi connectivity index (χ1) is 15.5. The fraction of sp³-hybridized carbons (Fsp3) is 0.346. The second-order valence-electron chi connectivity index (χ2n) is 8.78. The van der Waals surface area contributed by atoms with Gasteiger partial charge in [0.05, 0.1) is 12.2 Å². The number of benzene rings is 2. The fourth-order valence-corrected chi connectivity index (χ4v) is 4.37. The first-order valence-electron chi connectivity index (χ1n) is 11.2. The number of carbonyl (C=O) groups excluding carboxylic acids is 2. The monoisotopic (exact) mass is 430 g/mol. The molecule has 0 radical (unpaired) electrons. The van der Waals surface area contributed by atoms with Crippen molar-refractivity contribution >= 4 is 17.6 Å². The lowest BCUT2D eigenvalue weighted by atomic mass is 9.88. The van der Waals surface area contributed by atoms with Crippen molar-refractivity contribution in [2.24, 2.45) is 5.92 Å². The van der Waals surface area contributed by atoms with Crippen LogP contribution in [0.1, 0.15) is 59.8 Å². The summed E-state index contributed by atoms with van der Waals surface area (Å²) in [6, 6.07) is 16.8. The van der Waals surface area contributed by atoms with Gasteiger partial charge in [0.15, 0.2) is 0 Å². The maximum Gasteiger partial charge on any atom is 0.251 e. The molecule has 1 heterocycles. The molecule has 6 nitrogen and oxygen atoms in total. The highest BCUT2D eigenvalue weighted by molar-refractivity contribution is 6.01. The van der Waals surface area contributed by atoms with E-state index in [9.17, 15) is 9.59 Å². The molecule has 32 heavy (non-hydrogen) atoms. The van der Waals surface area contributed by atoms with Crippen LogP contribution in [0.2, 0.25) is 0 Å². The second kappa shape index (κ2) is 9.39. The van der Waals surface area contributed by atoms with Gasteiger partial charge in [0.1, 0.15) is 11.9 Å². The predicted octanol–water partition coefficient (Wildman–Crippen LogP) is 4.51. The molecule has 0 fully saturated rings. The summed E-state index contributed by atoms with van der Waals surface area (Å²) in [5.74, 6) is 0.121. The van der Waals surface area contributed by atoms with Crippen LogP contribution in [-0.2, 0) is 11.2 Å². The van der Waals surface area contributed by atoms with Crippen molar-refractivity contribution in [2.75, 3.05) is 5.32 Å². The Kier molecular flexibility index (Phi) is 6.40. The van der Waals surface area contributed by atoms with Crippen molar-refractivity contribution in [2.45, 2.75) is 52.1 Å². The molecule has 2 amide bonds. The van der Waals surface area contributed by atoms with Gasteiger partial charge in [-0.25, -0.2) is 4.68 Å². The molecule has 0 aliphatic heterocycles. The van der Waals surface area contributed by atoms with Gasteiger partial charge in [0, 0.05) is 11.1 Å². The summed E-state index contributed by atoms with van der Waals surface area (Å²) in [4.78, 5) is 26.0. The van der Waals surface area contributed by atoms with E-state index in [-0.39, 0.29) is 23.8 Å². The molecule has 1 aliphatic carbocycles. The summed E-state index contributed by atoms with van der Waals surface area (Å²) >= 11 is 0. The lowest BCUT2D eigenvalue weighted by Crippen LogP contribution is -2.47. The second-order valence-corrected chi connectivity index (χ2v) is 8.78. The number of nitrogens with one attached hydrogen (secondary N) is 2. The molecule has 166 valence electrons. The third-order valence-corrected chi connectivity index (χ3v) is 6.12. The third kappa shape index (κ3) is 4.44. The van der Waals surface area contributed by atoms with Crippen LogP contribution in [-0.4, -0.2) is 27.6 Å². The van der Waals surface area contributed by atoms with Crippen molar-refractivity contribution in [3.63, 3.8) is 0 Å². The first kappa shape index (κ1) is 21.8. The van der Waals surface area contributed by atoms with Crippen LogP contribution < -0.4 is 10.6 Å².